The summed E-state index contributed by atoms with van der Waals surface area (Å²) in [6.07, 6.45) is 11.3. The predicted octanol–water partition coefficient (Wildman–Crippen LogP) is 6.37. The third-order valence-electron chi connectivity index (χ3n) is 3.69. The van der Waals surface area contributed by atoms with E-state index in [1.807, 2.05) is 98.0 Å². The van der Waals surface area contributed by atoms with Crippen LogP contribution in [0.25, 0.3) is 11.6 Å². The first-order chi connectivity index (χ1) is 12.2. The third kappa shape index (κ3) is 5.64. The topological polar surface area (TPSA) is 23.8 Å². The first-order valence-electron chi connectivity index (χ1n) is 8.15. The zero-order valence-electron chi connectivity index (χ0n) is 14.4. The summed E-state index contributed by atoms with van der Waals surface area (Å²) < 4.78 is 0. The van der Waals surface area contributed by atoms with Gasteiger partial charge in [-0.2, -0.15) is 5.26 Å². The minimum atomic E-state index is 0.617. The average molecular weight is 323 g/mol. The molecule has 1 nitrogen and oxygen atoms in total. The Balaban J connectivity index is 2.44. The molecule has 122 valence electrons. The van der Waals surface area contributed by atoms with E-state index < -0.39 is 0 Å². The van der Waals surface area contributed by atoms with Gasteiger partial charge in [-0.3, -0.25) is 0 Å². The molecule has 0 bridgehead atoms. The molecule has 2 rings (SSSR count). The molecule has 0 aliphatic carbocycles. The summed E-state index contributed by atoms with van der Waals surface area (Å²) in [6.45, 7) is 5.73. The van der Waals surface area contributed by atoms with Crippen LogP contribution in [0.5, 0.6) is 0 Å². The van der Waals surface area contributed by atoms with Gasteiger partial charge in [0.1, 0.15) is 0 Å². The van der Waals surface area contributed by atoms with E-state index in [0.717, 1.165) is 22.3 Å². The highest BCUT2D eigenvalue weighted by molar-refractivity contribution is 5.70. The number of rotatable bonds is 6. The molecule has 0 saturated heterocycles. The van der Waals surface area contributed by atoms with Crippen molar-refractivity contribution in [1.82, 2.24) is 0 Å². The summed E-state index contributed by atoms with van der Waals surface area (Å²) in [5, 5.41) is 9.64. The number of hydrogen-bond acceptors (Lipinski definition) is 1. The molecule has 0 fully saturated rings. The van der Waals surface area contributed by atoms with Crippen molar-refractivity contribution in [3.63, 3.8) is 0 Å². The van der Waals surface area contributed by atoms with Gasteiger partial charge >= 0.3 is 0 Å². The highest BCUT2D eigenvalue weighted by Gasteiger charge is 2.01. The molecule has 0 aromatic heterocycles. The molecule has 0 unspecified atom stereocenters. The maximum Gasteiger partial charge on any atom is 0.0998 e. The molecule has 0 aliphatic rings. The van der Waals surface area contributed by atoms with Crippen molar-refractivity contribution >= 4 is 11.6 Å². The SMILES string of the molecule is C=CC=CC(C=Cc1ccccc1)=C(C#N)C=C(C)c1ccccc1. The number of nitriles is 1. The van der Waals surface area contributed by atoms with Crippen molar-refractivity contribution in [3.8, 4) is 6.07 Å². The quantitative estimate of drug-likeness (QED) is 0.448. The Labute approximate surface area is 150 Å². The Morgan fingerprint density at radius 1 is 0.960 bits per heavy atom. The molecule has 0 aliphatic heterocycles. The van der Waals surface area contributed by atoms with E-state index >= 15 is 0 Å². The highest BCUT2D eigenvalue weighted by Crippen LogP contribution is 2.19. The van der Waals surface area contributed by atoms with Crippen LogP contribution in [0, 0.1) is 11.3 Å². The fourth-order valence-corrected chi connectivity index (χ4v) is 2.34. The van der Waals surface area contributed by atoms with Crippen LogP contribution in [0.4, 0.5) is 0 Å². The standard InChI is InChI=1S/C24H21N/c1-3-4-13-23(17-16-21-11-7-5-8-12-21)24(19-25)18-20(2)22-14-9-6-10-15-22/h3-18H,1H2,2H3. The molecule has 0 amide bonds. The molecule has 0 spiro atoms. The van der Waals surface area contributed by atoms with Gasteiger partial charge in [0.2, 0.25) is 0 Å². The smallest absolute Gasteiger partial charge is 0.0998 e. The van der Waals surface area contributed by atoms with Crippen LogP contribution < -0.4 is 0 Å². The maximum absolute atomic E-state index is 9.64. The Morgan fingerprint density at radius 3 is 2.20 bits per heavy atom. The summed E-state index contributed by atoms with van der Waals surface area (Å²) in [5.74, 6) is 0. The summed E-state index contributed by atoms with van der Waals surface area (Å²) in [6, 6.07) is 22.4. The summed E-state index contributed by atoms with van der Waals surface area (Å²) in [5.41, 5.74) is 4.71. The van der Waals surface area contributed by atoms with E-state index in [9.17, 15) is 5.26 Å². The second-order valence-corrected chi connectivity index (χ2v) is 5.51. The molecule has 0 saturated carbocycles. The normalized spacial score (nSPS) is 12.9. The number of nitrogens with zero attached hydrogens (tertiary/aromatic N) is 1. The van der Waals surface area contributed by atoms with Crippen LogP contribution in [-0.4, -0.2) is 0 Å². The fraction of sp³-hybridized carbons (Fsp3) is 0.0417. The van der Waals surface area contributed by atoms with Crippen LogP contribution in [0.3, 0.4) is 0 Å². The Bertz CT molecular complexity index is 857. The Morgan fingerprint density at radius 2 is 1.60 bits per heavy atom. The van der Waals surface area contributed by atoms with Crippen molar-refractivity contribution in [1.29, 1.82) is 5.26 Å². The van der Waals surface area contributed by atoms with Gasteiger partial charge in [-0.25, -0.2) is 0 Å². The molecule has 1 heteroatoms. The van der Waals surface area contributed by atoms with Gasteiger partial charge in [-0.05, 0) is 35.3 Å². The van der Waals surface area contributed by atoms with Gasteiger partial charge in [0.15, 0.2) is 0 Å². The number of benzene rings is 2. The zero-order valence-corrected chi connectivity index (χ0v) is 14.4. The van der Waals surface area contributed by atoms with E-state index in [1.165, 1.54) is 0 Å². The van der Waals surface area contributed by atoms with Crippen LogP contribution in [0.1, 0.15) is 18.1 Å². The van der Waals surface area contributed by atoms with E-state index in [2.05, 4.69) is 12.6 Å². The predicted molar refractivity (Wildman–Crippen MR) is 108 cm³/mol. The third-order valence-corrected chi connectivity index (χ3v) is 3.69. The zero-order chi connectivity index (χ0) is 17.9. The van der Waals surface area contributed by atoms with Crippen molar-refractivity contribution in [2.75, 3.05) is 0 Å². The van der Waals surface area contributed by atoms with E-state index in [1.54, 1.807) is 6.08 Å². The maximum atomic E-state index is 9.64. The summed E-state index contributed by atoms with van der Waals surface area (Å²) >= 11 is 0. The average Bonchev–Trinajstić information content (AvgIpc) is 2.68. The lowest BCUT2D eigenvalue weighted by molar-refractivity contribution is 1.46. The molecular formula is C24H21N. The largest absolute Gasteiger partial charge is 0.192 e. The van der Waals surface area contributed by atoms with Crippen LogP contribution >= 0.6 is 0 Å². The minimum Gasteiger partial charge on any atom is -0.192 e. The lowest BCUT2D eigenvalue weighted by atomic mass is 10.0. The molecule has 0 heterocycles. The lowest BCUT2D eigenvalue weighted by Crippen LogP contribution is -1.85. The van der Waals surface area contributed by atoms with Crippen molar-refractivity contribution in [3.05, 3.63) is 120 Å². The van der Waals surface area contributed by atoms with E-state index in [4.69, 9.17) is 0 Å². The van der Waals surface area contributed by atoms with Gasteiger partial charge in [-0.15, -0.1) is 0 Å². The van der Waals surface area contributed by atoms with Gasteiger partial charge in [0.05, 0.1) is 11.6 Å². The Hall–Kier alpha value is -3.37. The minimum absolute atomic E-state index is 0.617. The molecule has 0 radical (unpaired) electrons. The monoisotopic (exact) mass is 323 g/mol. The van der Waals surface area contributed by atoms with Crippen LogP contribution in [0.15, 0.2) is 109 Å². The van der Waals surface area contributed by atoms with Gasteiger partial charge in [-0.1, -0.05) is 97.6 Å². The van der Waals surface area contributed by atoms with Crippen molar-refractivity contribution in [2.45, 2.75) is 6.92 Å². The lowest BCUT2D eigenvalue weighted by Gasteiger charge is -2.03. The molecule has 0 N–H and O–H groups in total. The van der Waals surface area contributed by atoms with Gasteiger partial charge in [0, 0.05) is 0 Å². The number of allylic oxidation sites excluding steroid dienone is 8. The molecular weight excluding hydrogens is 302 g/mol. The molecule has 2 aromatic rings. The van der Waals surface area contributed by atoms with Crippen molar-refractivity contribution in [2.24, 2.45) is 0 Å². The number of hydrogen-bond donors (Lipinski definition) is 0. The summed E-state index contributed by atoms with van der Waals surface area (Å²) in [4.78, 5) is 0. The molecule has 0 atom stereocenters. The molecule has 2 aromatic carbocycles. The van der Waals surface area contributed by atoms with Crippen molar-refractivity contribution < 1.29 is 0 Å². The van der Waals surface area contributed by atoms with Crippen LogP contribution in [-0.2, 0) is 0 Å². The van der Waals surface area contributed by atoms with E-state index in [0.29, 0.717) is 5.57 Å². The Kier molecular flexibility index (Phi) is 6.97. The second-order valence-electron chi connectivity index (χ2n) is 5.51. The van der Waals surface area contributed by atoms with Gasteiger partial charge < -0.3 is 0 Å². The highest BCUT2D eigenvalue weighted by atomic mass is 14.2. The first-order valence-corrected chi connectivity index (χ1v) is 8.15. The first kappa shape index (κ1) is 18.0. The second kappa shape index (κ2) is 9.70. The molecule has 25 heavy (non-hydrogen) atoms. The van der Waals surface area contributed by atoms with Crippen LogP contribution in [0.2, 0.25) is 0 Å². The van der Waals surface area contributed by atoms with Gasteiger partial charge in [0.25, 0.3) is 0 Å². The van der Waals surface area contributed by atoms with E-state index in [-0.39, 0.29) is 0 Å². The fourth-order valence-electron chi connectivity index (χ4n) is 2.34. The summed E-state index contributed by atoms with van der Waals surface area (Å²) in [7, 11) is 0.